The summed E-state index contributed by atoms with van der Waals surface area (Å²) in [4.78, 5) is 0. The highest BCUT2D eigenvalue weighted by molar-refractivity contribution is 9.41. The van der Waals surface area contributed by atoms with E-state index in [0.29, 0.717) is 5.41 Å². The van der Waals surface area contributed by atoms with Crippen LogP contribution in [0.15, 0.2) is 0 Å². The normalized spacial score (nSPS) is 16.0. The summed E-state index contributed by atoms with van der Waals surface area (Å²) in [5.74, 6) is 0. The van der Waals surface area contributed by atoms with Crippen LogP contribution >= 0.6 is 22.0 Å². The van der Waals surface area contributed by atoms with Crippen molar-refractivity contribution in [1.82, 2.24) is 0 Å². The molecule has 0 aliphatic heterocycles. The summed E-state index contributed by atoms with van der Waals surface area (Å²) in [7, 11) is 5.56. The molecule has 0 aromatic carbocycles. The van der Waals surface area contributed by atoms with E-state index in [4.69, 9.17) is 7.57 Å². The Morgan fingerprint density at radius 2 is 1.88 bits per heavy atom. The molecule has 0 saturated heterocycles. The zero-order valence-corrected chi connectivity index (χ0v) is 8.09. The summed E-state index contributed by atoms with van der Waals surface area (Å²) in [5.41, 5.74) is 0.379. The maximum absolute atomic E-state index is 5.56. The first-order valence-electron chi connectivity index (χ1n) is 2.60. The highest BCUT2D eigenvalue weighted by Crippen LogP contribution is 2.43. The van der Waals surface area contributed by atoms with Crippen LogP contribution in [0.3, 0.4) is 0 Å². The van der Waals surface area contributed by atoms with Crippen molar-refractivity contribution < 1.29 is 0 Å². The summed E-state index contributed by atoms with van der Waals surface area (Å²) in [5, 5.41) is 0. The van der Waals surface area contributed by atoms with Gasteiger partial charge in [-0.2, -0.15) is 0 Å². The van der Waals surface area contributed by atoms with Crippen LogP contribution in [0.1, 0.15) is 20.8 Å². The van der Waals surface area contributed by atoms with Crippen LogP contribution in [0.2, 0.25) is 0 Å². The summed E-state index contributed by atoms with van der Waals surface area (Å²) >= 11 is 3.35. The maximum atomic E-state index is 5.56. The van der Waals surface area contributed by atoms with E-state index in [-0.39, 0.29) is 6.50 Å². The molecule has 3 heteroatoms. The molecule has 1 atom stereocenters. The molecule has 46 valence electrons. The van der Waals surface area contributed by atoms with Crippen LogP contribution in [0.25, 0.3) is 0 Å². The van der Waals surface area contributed by atoms with Crippen LogP contribution in [0.4, 0.5) is 0 Å². The van der Waals surface area contributed by atoms with E-state index in [1.165, 1.54) is 0 Å². The number of rotatable bonds is 1. The minimum Gasteiger partial charge on any atom is -0.0874 e. The zero-order chi connectivity index (χ0) is 6.78. The second kappa shape index (κ2) is 3.22. The van der Waals surface area contributed by atoms with Crippen molar-refractivity contribution in [2.45, 2.75) is 20.8 Å². The molecule has 0 saturated carbocycles. The van der Waals surface area contributed by atoms with Gasteiger partial charge < -0.3 is 0 Å². The zero-order valence-electron chi connectivity index (χ0n) is 5.61. The molecule has 0 aromatic heterocycles. The molecule has 0 fully saturated rings. The first kappa shape index (κ1) is 8.97. The molecule has 8 heavy (non-hydrogen) atoms. The lowest BCUT2D eigenvalue weighted by Crippen LogP contribution is -2.08. The largest absolute Gasteiger partial charge is 0.124 e. The Balaban J connectivity index is 3.39. The molecule has 0 heterocycles. The second-order valence-corrected chi connectivity index (χ2v) is 6.97. The second-order valence-electron chi connectivity index (χ2n) is 3.12. The lowest BCUT2D eigenvalue weighted by Gasteiger charge is -2.19. The summed E-state index contributed by atoms with van der Waals surface area (Å²) in [6.45, 7) is 6.20. The van der Waals surface area contributed by atoms with Gasteiger partial charge in [0.1, 0.15) is 7.57 Å². The van der Waals surface area contributed by atoms with Crippen molar-refractivity contribution >= 4 is 29.6 Å². The van der Waals surface area contributed by atoms with Crippen LogP contribution < -0.4 is 0 Å². The van der Waals surface area contributed by atoms with Crippen LogP contribution in [-0.4, -0.2) is 13.7 Å². The lowest BCUT2D eigenvalue weighted by molar-refractivity contribution is 0.479. The standard InChI is InChI=1S/C5H11BBrP/c1-5(2,3)4-8(6)7/h4H2,1-3H3. The van der Waals surface area contributed by atoms with Crippen molar-refractivity contribution in [3.05, 3.63) is 0 Å². The Hall–Kier alpha value is 0.975. The molecule has 0 aromatic rings. The Labute approximate surface area is 62.3 Å². The first-order chi connectivity index (χ1) is 3.42. The number of hydrogen-bond donors (Lipinski definition) is 0. The molecule has 0 nitrogen and oxygen atoms in total. The fourth-order valence-electron chi connectivity index (χ4n) is 0.453. The van der Waals surface area contributed by atoms with Crippen LogP contribution in [0.5, 0.6) is 0 Å². The average Bonchev–Trinajstić information content (AvgIpc) is 1.21. The van der Waals surface area contributed by atoms with Crippen molar-refractivity contribution in [3.8, 4) is 0 Å². The van der Waals surface area contributed by atoms with Crippen molar-refractivity contribution in [1.29, 1.82) is 0 Å². The lowest BCUT2D eigenvalue weighted by atomic mass is 10.0. The molecule has 0 bridgehead atoms. The third-order valence-electron chi connectivity index (χ3n) is 0.625. The highest BCUT2D eigenvalue weighted by atomic mass is 79.9. The molecule has 0 N–H and O–H groups in total. The van der Waals surface area contributed by atoms with E-state index < -0.39 is 0 Å². The molecule has 0 rings (SSSR count). The molecular formula is C5H11BBrP. The van der Waals surface area contributed by atoms with Crippen LogP contribution in [0, 0.1) is 5.41 Å². The van der Waals surface area contributed by atoms with Crippen LogP contribution in [-0.2, 0) is 0 Å². The highest BCUT2D eigenvalue weighted by Gasteiger charge is 2.11. The minimum absolute atomic E-state index is 0.376. The van der Waals surface area contributed by atoms with E-state index in [1.54, 1.807) is 0 Å². The van der Waals surface area contributed by atoms with Crippen molar-refractivity contribution in [3.63, 3.8) is 0 Å². The molecule has 0 amide bonds. The van der Waals surface area contributed by atoms with Gasteiger partial charge in [0, 0.05) is 0 Å². The van der Waals surface area contributed by atoms with Crippen molar-refractivity contribution in [2.24, 2.45) is 5.41 Å². The van der Waals surface area contributed by atoms with Gasteiger partial charge in [-0.1, -0.05) is 42.8 Å². The molecule has 1 unspecified atom stereocenters. The van der Waals surface area contributed by atoms with Gasteiger partial charge in [-0.05, 0) is 11.6 Å². The summed E-state index contributed by atoms with van der Waals surface area (Å²) in [6, 6.07) is 0. The van der Waals surface area contributed by atoms with Gasteiger partial charge in [-0.25, -0.2) is 0 Å². The van der Waals surface area contributed by atoms with E-state index in [2.05, 4.69) is 36.3 Å². The Morgan fingerprint density at radius 1 is 1.50 bits per heavy atom. The van der Waals surface area contributed by atoms with Gasteiger partial charge in [0.25, 0.3) is 0 Å². The molecule has 0 aliphatic rings. The molecule has 0 aliphatic carbocycles. The van der Waals surface area contributed by atoms with E-state index in [0.717, 1.165) is 6.16 Å². The average molecular weight is 193 g/mol. The molecular weight excluding hydrogens is 182 g/mol. The summed E-state index contributed by atoms with van der Waals surface area (Å²) < 4.78 is 0. The quantitative estimate of drug-likeness (QED) is 0.443. The monoisotopic (exact) mass is 192 g/mol. The minimum atomic E-state index is -0.376. The van der Waals surface area contributed by atoms with E-state index >= 15 is 0 Å². The van der Waals surface area contributed by atoms with E-state index in [9.17, 15) is 0 Å². The fourth-order valence-corrected chi connectivity index (χ4v) is 3.62. The summed E-state index contributed by atoms with van der Waals surface area (Å²) in [6.07, 6.45) is 1.09. The van der Waals surface area contributed by atoms with Crippen molar-refractivity contribution in [2.75, 3.05) is 6.16 Å². The van der Waals surface area contributed by atoms with Gasteiger partial charge in [0.2, 0.25) is 0 Å². The predicted octanol–water partition coefficient (Wildman–Crippen LogP) is 2.91. The Morgan fingerprint density at radius 3 is 1.88 bits per heavy atom. The predicted molar refractivity (Wildman–Crippen MR) is 45.9 cm³/mol. The van der Waals surface area contributed by atoms with Gasteiger partial charge >= 0.3 is 0 Å². The number of halogens is 1. The van der Waals surface area contributed by atoms with Gasteiger partial charge in [-0.3, -0.25) is 0 Å². The fraction of sp³-hybridized carbons (Fsp3) is 1.00. The molecule has 0 spiro atoms. The Bertz CT molecular complexity index is 67.3. The van der Waals surface area contributed by atoms with Gasteiger partial charge in [0.05, 0.1) is 0 Å². The first-order valence-corrected chi connectivity index (χ1v) is 6.21. The number of hydrogen-bond acceptors (Lipinski definition) is 0. The smallest absolute Gasteiger partial charge is 0.0874 e. The van der Waals surface area contributed by atoms with E-state index in [1.807, 2.05) is 0 Å². The van der Waals surface area contributed by atoms with Gasteiger partial charge in [-0.15, -0.1) is 0 Å². The topological polar surface area (TPSA) is 0 Å². The Kier molecular flexibility index (Phi) is 3.61. The maximum Gasteiger partial charge on any atom is 0.124 e. The van der Waals surface area contributed by atoms with Gasteiger partial charge in [0.15, 0.2) is 0 Å². The molecule has 2 radical (unpaired) electrons. The third-order valence-corrected chi connectivity index (χ3v) is 2.63. The third kappa shape index (κ3) is 6.97. The SMILES string of the molecule is [B]P(Br)CC(C)(C)C.